The molecule has 2 unspecified atom stereocenters. The molecule has 3 heteroatoms. The third-order valence-electron chi connectivity index (χ3n) is 3.60. The quantitative estimate of drug-likeness (QED) is 0.840. The van der Waals surface area contributed by atoms with Crippen LogP contribution in [0.5, 0.6) is 0 Å². The summed E-state index contributed by atoms with van der Waals surface area (Å²) in [6, 6.07) is 7.99. The lowest BCUT2D eigenvalue weighted by Crippen LogP contribution is -2.47. The van der Waals surface area contributed by atoms with E-state index in [2.05, 4.69) is 31.3 Å². The number of nitrogens with one attached hydrogen (secondary N) is 1. The molecule has 0 aromatic heterocycles. The monoisotopic (exact) mass is 248 g/mol. The Bertz CT molecular complexity index is 395. The van der Waals surface area contributed by atoms with Gasteiger partial charge in [0.25, 0.3) is 0 Å². The predicted molar refractivity (Wildman–Crippen MR) is 76.7 cm³/mol. The van der Waals surface area contributed by atoms with Crippen LogP contribution in [0.1, 0.15) is 52.0 Å². The van der Waals surface area contributed by atoms with Crippen LogP contribution in [0.2, 0.25) is 0 Å². The van der Waals surface area contributed by atoms with E-state index in [0.29, 0.717) is 12.3 Å². The molecule has 100 valence electrons. The Balaban J connectivity index is 2.73. The van der Waals surface area contributed by atoms with Crippen LogP contribution >= 0.6 is 0 Å². The molecular weight excluding hydrogens is 224 g/mol. The fourth-order valence-electron chi connectivity index (χ4n) is 1.57. The van der Waals surface area contributed by atoms with Crippen LogP contribution in [0, 0.1) is 0 Å². The topological polar surface area (TPSA) is 55.1 Å². The van der Waals surface area contributed by atoms with Crippen LogP contribution in [0.3, 0.4) is 0 Å². The van der Waals surface area contributed by atoms with Crippen molar-refractivity contribution >= 4 is 11.6 Å². The zero-order valence-corrected chi connectivity index (χ0v) is 11.8. The zero-order valence-electron chi connectivity index (χ0n) is 11.8. The average molecular weight is 248 g/mol. The molecule has 2 atom stereocenters. The molecule has 1 rings (SSSR count). The van der Waals surface area contributed by atoms with Crippen molar-refractivity contribution in [2.75, 3.05) is 5.32 Å². The Kier molecular flexibility index (Phi) is 4.91. The fraction of sp³-hybridized carbons (Fsp3) is 0.533. The van der Waals surface area contributed by atoms with Crippen LogP contribution in [0.4, 0.5) is 5.69 Å². The van der Waals surface area contributed by atoms with Gasteiger partial charge in [0.2, 0.25) is 5.91 Å². The smallest absolute Gasteiger partial charge is 0.244 e. The van der Waals surface area contributed by atoms with E-state index in [1.165, 1.54) is 5.56 Å². The van der Waals surface area contributed by atoms with Gasteiger partial charge in [-0.25, -0.2) is 0 Å². The molecule has 0 aliphatic rings. The Hall–Kier alpha value is -1.35. The van der Waals surface area contributed by atoms with Gasteiger partial charge in [0, 0.05) is 5.69 Å². The number of benzene rings is 1. The first-order valence-electron chi connectivity index (χ1n) is 6.61. The SMILES string of the molecule is CCC(C)c1ccc(NC(=O)C(C)(N)CC)cc1. The summed E-state index contributed by atoms with van der Waals surface area (Å²) in [5, 5.41) is 2.85. The number of amides is 1. The van der Waals surface area contributed by atoms with Crippen molar-refractivity contribution in [3.8, 4) is 0 Å². The minimum Gasteiger partial charge on any atom is -0.325 e. The van der Waals surface area contributed by atoms with E-state index in [-0.39, 0.29) is 5.91 Å². The van der Waals surface area contributed by atoms with Crippen LogP contribution in [0.15, 0.2) is 24.3 Å². The summed E-state index contributed by atoms with van der Waals surface area (Å²) in [4.78, 5) is 11.9. The van der Waals surface area contributed by atoms with Gasteiger partial charge < -0.3 is 11.1 Å². The van der Waals surface area contributed by atoms with E-state index < -0.39 is 5.54 Å². The molecule has 18 heavy (non-hydrogen) atoms. The van der Waals surface area contributed by atoms with Gasteiger partial charge in [-0.05, 0) is 43.4 Å². The van der Waals surface area contributed by atoms with Crippen molar-refractivity contribution < 1.29 is 4.79 Å². The summed E-state index contributed by atoms with van der Waals surface area (Å²) in [5.41, 5.74) is 7.18. The van der Waals surface area contributed by atoms with Crippen molar-refractivity contribution in [1.82, 2.24) is 0 Å². The number of carbonyl (C=O) groups excluding carboxylic acids is 1. The molecule has 0 fully saturated rings. The zero-order chi connectivity index (χ0) is 13.8. The molecule has 3 N–H and O–H groups in total. The van der Waals surface area contributed by atoms with Gasteiger partial charge >= 0.3 is 0 Å². The van der Waals surface area contributed by atoms with Gasteiger partial charge in [-0.15, -0.1) is 0 Å². The molecule has 0 saturated carbocycles. The van der Waals surface area contributed by atoms with Crippen LogP contribution in [0.25, 0.3) is 0 Å². The predicted octanol–water partition coefficient (Wildman–Crippen LogP) is 3.27. The number of carbonyl (C=O) groups is 1. The van der Waals surface area contributed by atoms with Gasteiger partial charge in [-0.2, -0.15) is 0 Å². The van der Waals surface area contributed by atoms with Crippen LogP contribution in [-0.2, 0) is 4.79 Å². The van der Waals surface area contributed by atoms with Crippen molar-refractivity contribution in [3.05, 3.63) is 29.8 Å². The summed E-state index contributed by atoms with van der Waals surface area (Å²) < 4.78 is 0. The molecule has 0 radical (unpaired) electrons. The summed E-state index contributed by atoms with van der Waals surface area (Å²) in [7, 11) is 0. The van der Waals surface area contributed by atoms with Crippen molar-refractivity contribution in [1.29, 1.82) is 0 Å². The second-order valence-electron chi connectivity index (χ2n) is 5.16. The molecule has 0 heterocycles. The van der Waals surface area contributed by atoms with E-state index in [1.807, 2.05) is 19.1 Å². The minimum atomic E-state index is -0.810. The number of nitrogens with two attached hydrogens (primary N) is 1. The molecule has 0 aliphatic carbocycles. The third kappa shape index (κ3) is 3.57. The van der Waals surface area contributed by atoms with E-state index in [4.69, 9.17) is 5.73 Å². The Labute approximate surface area is 110 Å². The molecule has 1 aromatic rings. The molecule has 1 amide bonds. The number of hydrogen-bond acceptors (Lipinski definition) is 2. The number of hydrogen-bond donors (Lipinski definition) is 2. The largest absolute Gasteiger partial charge is 0.325 e. The second-order valence-corrected chi connectivity index (χ2v) is 5.16. The molecule has 3 nitrogen and oxygen atoms in total. The second kappa shape index (κ2) is 6.01. The van der Waals surface area contributed by atoms with Gasteiger partial charge in [0.05, 0.1) is 5.54 Å². The van der Waals surface area contributed by atoms with Crippen molar-refractivity contribution in [3.63, 3.8) is 0 Å². The maximum Gasteiger partial charge on any atom is 0.244 e. The van der Waals surface area contributed by atoms with Crippen LogP contribution < -0.4 is 11.1 Å². The summed E-state index contributed by atoms with van der Waals surface area (Å²) in [5.74, 6) is 0.409. The lowest BCUT2D eigenvalue weighted by Gasteiger charge is -2.21. The highest BCUT2D eigenvalue weighted by atomic mass is 16.2. The van der Waals surface area contributed by atoms with Gasteiger partial charge in [-0.3, -0.25) is 4.79 Å². The molecule has 0 bridgehead atoms. The Morgan fingerprint density at radius 2 is 1.89 bits per heavy atom. The van der Waals surface area contributed by atoms with Crippen molar-refractivity contribution in [2.24, 2.45) is 5.73 Å². The van der Waals surface area contributed by atoms with Crippen molar-refractivity contribution in [2.45, 2.75) is 52.0 Å². The first-order valence-corrected chi connectivity index (χ1v) is 6.61. The third-order valence-corrected chi connectivity index (χ3v) is 3.60. The summed E-state index contributed by atoms with van der Waals surface area (Å²) in [6.07, 6.45) is 1.73. The van der Waals surface area contributed by atoms with E-state index >= 15 is 0 Å². The lowest BCUT2D eigenvalue weighted by molar-refractivity contribution is -0.120. The van der Waals surface area contributed by atoms with E-state index in [9.17, 15) is 4.79 Å². The van der Waals surface area contributed by atoms with Crippen LogP contribution in [-0.4, -0.2) is 11.4 Å². The highest BCUT2D eigenvalue weighted by Crippen LogP contribution is 2.21. The summed E-state index contributed by atoms with van der Waals surface area (Å²) in [6.45, 7) is 8.02. The molecule has 0 spiro atoms. The number of rotatable bonds is 5. The molecular formula is C15H24N2O. The molecule has 1 aromatic carbocycles. The highest BCUT2D eigenvalue weighted by molar-refractivity contribution is 5.97. The normalized spacial score (nSPS) is 15.8. The highest BCUT2D eigenvalue weighted by Gasteiger charge is 2.25. The summed E-state index contributed by atoms with van der Waals surface area (Å²) >= 11 is 0. The fourth-order valence-corrected chi connectivity index (χ4v) is 1.57. The van der Waals surface area contributed by atoms with E-state index in [0.717, 1.165) is 12.1 Å². The van der Waals surface area contributed by atoms with Gasteiger partial charge in [-0.1, -0.05) is 32.9 Å². The standard InChI is InChI=1S/C15H24N2O/c1-5-11(3)12-7-9-13(10-8-12)17-14(18)15(4,16)6-2/h7-11H,5-6,16H2,1-4H3,(H,17,18). The van der Waals surface area contributed by atoms with Gasteiger partial charge in [0.1, 0.15) is 0 Å². The minimum absolute atomic E-state index is 0.138. The van der Waals surface area contributed by atoms with Gasteiger partial charge in [0.15, 0.2) is 0 Å². The lowest BCUT2D eigenvalue weighted by atomic mass is 9.97. The first kappa shape index (κ1) is 14.7. The van der Waals surface area contributed by atoms with E-state index in [1.54, 1.807) is 6.92 Å². The average Bonchev–Trinajstić information content (AvgIpc) is 2.38. The molecule has 0 aliphatic heterocycles. The maximum atomic E-state index is 11.9. The Morgan fingerprint density at radius 1 is 1.33 bits per heavy atom. The Morgan fingerprint density at radius 3 is 2.33 bits per heavy atom. The number of anilines is 1. The first-order chi connectivity index (χ1) is 8.40. The maximum absolute atomic E-state index is 11.9. The molecule has 0 saturated heterocycles.